The Morgan fingerprint density at radius 2 is 1.92 bits per heavy atom. The van der Waals surface area contributed by atoms with Crippen LogP contribution >= 0.6 is 11.6 Å². The molecule has 3 aliphatic heterocycles. The Hall–Kier alpha value is -2.69. The zero-order valence-corrected chi connectivity index (χ0v) is 21.5. The van der Waals surface area contributed by atoms with Crippen LogP contribution in [0.1, 0.15) is 36.0 Å². The quantitative estimate of drug-likeness (QED) is 0.512. The van der Waals surface area contributed by atoms with Crippen molar-refractivity contribution < 1.29 is 13.2 Å². The number of sulfone groups is 1. The molecule has 1 spiro atoms. The second-order valence-corrected chi connectivity index (χ2v) is 13.3. The highest BCUT2D eigenvalue weighted by molar-refractivity contribution is 7.92. The van der Waals surface area contributed by atoms with Crippen molar-refractivity contribution in [3.8, 4) is 11.4 Å². The average Bonchev–Trinajstić information content (AvgIpc) is 3.11. The van der Waals surface area contributed by atoms with Crippen LogP contribution in [0.15, 0.2) is 36.5 Å². The van der Waals surface area contributed by atoms with Crippen LogP contribution in [0, 0.1) is 5.41 Å². The van der Waals surface area contributed by atoms with Gasteiger partial charge in [0.25, 0.3) is 0 Å². The molecule has 2 saturated heterocycles. The van der Waals surface area contributed by atoms with Crippen LogP contribution in [-0.4, -0.2) is 70.8 Å². The van der Waals surface area contributed by atoms with E-state index in [-0.39, 0.29) is 23.0 Å². The molecule has 1 saturated carbocycles. The number of anilines is 1. The van der Waals surface area contributed by atoms with Gasteiger partial charge in [0.1, 0.15) is 5.82 Å². The molecule has 3 fully saturated rings. The molecule has 7 rings (SSSR count). The normalized spacial score (nSPS) is 22.7. The molecule has 3 aromatic rings. The fourth-order valence-corrected chi connectivity index (χ4v) is 8.13. The van der Waals surface area contributed by atoms with Gasteiger partial charge in [-0.3, -0.25) is 9.47 Å². The van der Waals surface area contributed by atoms with Gasteiger partial charge in [-0.2, -0.15) is 0 Å². The van der Waals surface area contributed by atoms with Crippen molar-refractivity contribution in [1.29, 1.82) is 0 Å². The first kappa shape index (κ1) is 22.5. The molecule has 5 heterocycles. The second-order valence-electron chi connectivity index (χ2n) is 10.7. The molecule has 0 radical (unpaired) electrons. The average molecular weight is 527 g/mol. The number of aromatic nitrogens is 4. The summed E-state index contributed by atoms with van der Waals surface area (Å²) in [6, 6.07) is 9.79. The molecule has 2 aromatic heterocycles. The minimum atomic E-state index is -2.92. The van der Waals surface area contributed by atoms with Gasteiger partial charge in [-0.05, 0) is 48.7 Å². The summed E-state index contributed by atoms with van der Waals surface area (Å²) in [5.74, 6) is 4.32. The Bertz CT molecular complexity index is 1450. The highest BCUT2D eigenvalue weighted by Crippen LogP contribution is 2.57. The number of hydrogen-bond donors (Lipinski definition) is 0. The van der Waals surface area contributed by atoms with Gasteiger partial charge in [0.05, 0.1) is 30.8 Å². The van der Waals surface area contributed by atoms with Gasteiger partial charge >= 0.3 is 0 Å². The lowest BCUT2D eigenvalue weighted by molar-refractivity contribution is 0.0577. The number of halogens is 1. The lowest BCUT2D eigenvalue weighted by Gasteiger charge is -2.59. The summed E-state index contributed by atoms with van der Waals surface area (Å²) in [5.41, 5.74) is 2.41. The highest BCUT2D eigenvalue weighted by atomic mass is 35.5. The van der Waals surface area contributed by atoms with Gasteiger partial charge in [0.15, 0.2) is 27.2 Å². The summed E-state index contributed by atoms with van der Waals surface area (Å²) in [5, 5.41) is 9.94. The molecule has 0 unspecified atom stereocenters. The molecule has 4 aliphatic rings. The van der Waals surface area contributed by atoms with Crippen LogP contribution in [0.4, 0.5) is 5.82 Å². The minimum Gasteiger partial charge on any atom is -0.493 e. The zero-order chi connectivity index (χ0) is 24.7. The topological polar surface area (TPSA) is 93.4 Å². The van der Waals surface area contributed by atoms with Gasteiger partial charge in [0.2, 0.25) is 0 Å². The molecule has 1 aliphatic carbocycles. The molecule has 36 heavy (non-hydrogen) atoms. The van der Waals surface area contributed by atoms with Crippen LogP contribution in [0.3, 0.4) is 0 Å². The summed E-state index contributed by atoms with van der Waals surface area (Å²) in [4.78, 5) is 9.03. The summed E-state index contributed by atoms with van der Waals surface area (Å²) < 4.78 is 31.4. The number of benzene rings is 1. The van der Waals surface area contributed by atoms with Crippen LogP contribution in [-0.2, 0) is 22.9 Å². The van der Waals surface area contributed by atoms with Gasteiger partial charge in [-0.15, -0.1) is 10.2 Å². The van der Waals surface area contributed by atoms with Gasteiger partial charge in [0, 0.05) is 48.2 Å². The van der Waals surface area contributed by atoms with Crippen molar-refractivity contribution >= 4 is 27.3 Å². The lowest BCUT2D eigenvalue weighted by Crippen LogP contribution is -2.62. The molecule has 188 valence electrons. The smallest absolute Gasteiger partial charge is 0.171 e. The van der Waals surface area contributed by atoms with E-state index in [2.05, 4.69) is 29.5 Å². The predicted octanol–water partition coefficient (Wildman–Crippen LogP) is 2.82. The molecule has 0 amide bonds. The highest BCUT2D eigenvalue weighted by Gasteiger charge is 2.55. The maximum Gasteiger partial charge on any atom is 0.171 e. The van der Waals surface area contributed by atoms with E-state index < -0.39 is 9.84 Å². The van der Waals surface area contributed by atoms with E-state index in [1.807, 2.05) is 36.5 Å². The number of fused-ring (bicyclic) bond motifs is 3. The van der Waals surface area contributed by atoms with Gasteiger partial charge in [-0.1, -0.05) is 11.6 Å². The fourth-order valence-electron chi connectivity index (χ4n) is 6.44. The fraction of sp³-hybridized carbons (Fsp3) is 0.480. The van der Waals surface area contributed by atoms with Crippen molar-refractivity contribution in [3.05, 3.63) is 58.8 Å². The first-order valence-electron chi connectivity index (χ1n) is 12.2. The van der Waals surface area contributed by atoms with Crippen molar-refractivity contribution in [2.45, 2.75) is 37.9 Å². The van der Waals surface area contributed by atoms with Crippen molar-refractivity contribution in [2.24, 2.45) is 5.41 Å². The Morgan fingerprint density at radius 1 is 1.11 bits per heavy atom. The summed E-state index contributed by atoms with van der Waals surface area (Å²) in [6.45, 7) is 3.15. The Labute approximate surface area is 215 Å². The zero-order valence-electron chi connectivity index (χ0n) is 20.0. The number of rotatable bonds is 4. The van der Waals surface area contributed by atoms with E-state index >= 15 is 0 Å². The molecular weight excluding hydrogens is 500 g/mol. The van der Waals surface area contributed by atoms with Crippen LogP contribution < -0.4 is 9.64 Å². The predicted molar refractivity (Wildman–Crippen MR) is 135 cm³/mol. The number of ether oxygens (including phenoxy) is 1. The SMILES string of the molecule is COc1cccnc1N1CC2(CC(c3nnc4n3-c3ccc(Cl)cc3CN(C3CS(=O)(=O)C3)C4)C2)C1. The van der Waals surface area contributed by atoms with E-state index in [0.717, 1.165) is 60.4 Å². The van der Waals surface area contributed by atoms with E-state index in [1.54, 1.807) is 7.11 Å². The first-order chi connectivity index (χ1) is 17.3. The van der Waals surface area contributed by atoms with Gasteiger partial charge < -0.3 is 9.64 Å². The summed E-state index contributed by atoms with van der Waals surface area (Å²) >= 11 is 6.37. The summed E-state index contributed by atoms with van der Waals surface area (Å²) in [7, 11) is -1.24. The number of pyridine rings is 1. The minimum absolute atomic E-state index is 0.00468. The van der Waals surface area contributed by atoms with E-state index in [9.17, 15) is 8.42 Å². The maximum atomic E-state index is 11.9. The van der Waals surface area contributed by atoms with Crippen molar-refractivity contribution in [2.75, 3.05) is 36.6 Å². The van der Waals surface area contributed by atoms with Crippen molar-refractivity contribution in [3.63, 3.8) is 0 Å². The maximum absolute atomic E-state index is 11.9. The Morgan fingerprint density at radius 3 is 2.67 bits per heavy atom. The third-order valence-electron chi connectivity index (χ3n) is 8.21. The number of methoxy groups -OCH3 is 1. The molecule has 0 atom stereocenters. The van der Waals surface area contributed by atoms with Crippen molar-refractivity contribution in [1.82, 2.24) is 24.6 Å². The Balaban J connectivity index is 1.14. The van der Waals surface area contributed by atoms with Crippen LogP contribution in [0.5, 0.6) is 5.75 Å². The third-order valence-corrected chi connectivity index (χ3v) is 10.2. The van der Waals surface area contributed by atoms with E-state index in [0.29, 0.717) is 24.0 Å². The van der Waals surface area contributed by atoms with E-state index in [1.165, 1.54) is 0 Å². The molecule has 1 aromatic carbocycles. The van der Waals surface area contributed by atoms with Crippen LogP contribution in [0.2, 0.25) is 5.02 Å². The standard InChI is InChI=1S/C25H27ClN6O3S/c1-35-21-3-2-6-27-24(21)31-14-25(15-31)8-17(9-25)23-29-28-22-11-30(19-12-36(33,34)13-19)10-16-7-18(26)4-5-20(16)32(22)23/h2-7,17,19H,8-15H2,1H3. The van der Waals surface area contributed by atoms with E-state index in [4.69, 9.17) is 16.3 Å². The molecule has 9 nitrogen and oxygen atoms in total. The third kappa shape index (κ3) is 3.53. The van der Waals surface area contributed by atoms with Crippen LogP contribution in [0.25, 0.3) is 5.69 Å². The van der Waals surface area contributed by atoms with Gasteiger partial charge in [-0.25, -0.2) is 13.4 Å². The largest absolute Gasteiger partial charge is 0.493 e. The summed E-state index contributed by atoms with van der Waals surface area (Å²) in [6.07, 6.45) is 3.93. The molecule has 0 N–H and O–H groups in total. The molecular formula is C25H27ClN6O3S. The monoisotopic (exact) mass is 526 g/mol. The number of hydrogen-bond acceptors (Lipinski definition) is 8. The molecule has 0 bridgehead atoms. The lowest BCUT2D eigenvalue weighted by atomic mass is 9.57. The Kier molecular flexibility index (Phi) is 4.94. The second kappa shape index (κ2) is 7.90. The molecule has 11 heteroatoms. The first-order valence-corrected chi connectivity index (χ1v) is 14.4. The number of nitrogens with zero attached hydrogens (tertiary/aromatic N) is 6.